The number of aromatic nitrogens is 2. The summed E-state index contributed by atoms with van der Waals surface area (Å²) in [5, 5.41) is 3.48. The number of rotatable bonds is 5. The first-order chi connectivity index (χ1) is 11.2. The average Bonchev–Trinajstić information content (AvgIpc) is 2.55. The molecule has 3 rings (SSSR count). The van der Waals surface area contributed by atoms with Crippen molar-refractivity contribution in [2.45, 2.75) is 19.9 Å². The molecule has 0 amide bonds. The highest BCUT2D eigenvalue weighted by Gasteiger charge is 2.23. The molecule has 1 aliphatic heterocycles. The minimum absolute atomic E-state index is 0.397. The third kappa shape index (κ3) is 4.27. The Hall–Kier alpha value is -1.98. The second kappa shape index (κ2) is 7.53. The van der Waals surface area contributed by atoms with Crippen LogP contribution in [0.25, 0.3) is 0 Å². The zero-order chi connectivity index (χ0) is 16.1. The van der Waals surface area contributed by atoms with Gasteiger partial charge in [0.05, 0.1) is 0 Å². The molecular weight excluding hydrogens is 288 g/mol. The van der Waals surface area contributed by atoms with E-state index >= 15 is 0 Å². The Morgan fingerprint density at radius 2 is 1.91 bits per heavy atom. The van der Waals surface area contributed by atoms with Gasteiger partial charge in [-0.25, -0.2) is 9.97 Å². The lowest BCUT2D eigenvalue weighted by molar-refractivity contribution is 0.130. The van der Waals surface area contributed by atoms with Gasteiger partial charge in [0.15, 0.2) is 0 Å². The van der Waals surface area contributed by atoms with Crippen LogP contribution in [0.2, 0.25) is 0 Å². The molecule has 1 N–H and O–H groups in total. The fourth-order valence-electron chi connectivity index (χ4n) is 3.03. The molecule has 1 fully saturated rings. The summed E-state index contributed by atoms with van der Waals surface area (Å²) in [6.45, 7) is 8.42. The average molecular weight is 312 g/mol. The van der Waals surface area contributed by atoms with Crippen LogP contribution in [0.15, 0.2) is 36.4 Å². The van der Waals surface area contributed by atoms with Gasteiger partial charge in [0, 0.05) is 43.6 Å². The van der Waals surface area contributed by atoms with E-state index in [0.717, 1.165) is 37.6 Å². The highest BCUT2D eigenvalue weighted by atomic mass is 16.5. The Labute approximate surface area is 137 Å². The van der Waals surface area contributed by atoms with E-state index in [9.17, 15) is 0 Å². The molecular formula is C18H24N4O. The van der Waals surface area contributed by atoms with Gasteiger partial charge in [-0.15, -0.1) is 0 Å². The molecule has 1 aliphatic rings. The van der Waals surface area contributed by atoms with Crippen LogP contribution < -0.4 is 10.1 Å². The van der Waals surface area contributed by atoms with E-state index < -0.39 is 0 Å². The number of ether oxygens (including phenoxy) is 1. The summed E-state index contributed by atoms with van der Waals surface area (Å²) in [7, 11) is 0. The monoisotopic (exact) mass is 312 g/mol. The molecule has 0 aliphatic carbocycles. The highest BCUT2D eigenvalue weighted by Crippen LogP contribution is 2.21. The smallest absolute Gasteiger partial charge is 0.316 e. The van der Waals surface area contributed by atoms with E-state index in [1.807, 2.05) is 19.9 Å². The predicted molar refractivity (Wildman–Crippen MR) is 90.6 cm³/mol. The Morgan fingerprint density at radius 3 is 2.65 bits per heavy atom. The minimum Gasteiger partial charge on any atom is -0.462 e. The van der Waals surface area contributed by atoms with Crippen molar-refractivity contribution < 1.29 is 4.74 Å². The summed E-state index contributed by atoms with van der Waals surface area (Å²) >= 11 is 0. The quantitative estimate of drug-likeness (QED) is 0.916. The van der Waals surface area contributed by atoms with Crippen molar-refractivity contribution in [2.75, 3.05) is 32.8 Å². The molecule has 1 aromatic carbocycles. The highest BCUT2D eigenvalue weighted by molar-refractivity contribution is 5.20. The van der Waals surface area contributed by atoms with Crippen LogP contribution in [0.3, 0.4) is 0 Å². The molecule has 0 bridgehead atoms. The molecule has 2 heterocycles. The molecule has 122 valence electrons. The molecule has 1 saturated heterocycles. The molecule has 1 unspecified atom stereocenters. The van der Waals surface area contributed by atoms with E-state index in [1.165, 1.54) is 5.56 Å². The fraction of sp³-hybridized carbons (Fsp3) is 0.444. The Morgan fingerprint density at radius 1 is 1.17 bits per heavy atom. The second-order valence-electron chi connectivity index (χ2n) is 5.95. The maximum absolute atomic E-state index is 5.77. The van der Waals surface area contributed by atoms with Crippen LogP contribution in [-0.4, -0.2) is 47.7 Å². The Bertz CT molecular complexity index is 612. The lowest BCUT2D eigenvalue weighted by Crippen LogP contribution is -2.47. The van der Waals surface area contributed by atoms with Gasteiger partial charge >= 0.3 is 6.01 Å². The standard InChI is InChI=1S/C18H24N4O/c1-14-12-15(2)21-18(20-14)23-11-10-22-9-8-19-13-17(22)16-6-4-3-5-7-16/h3-7,12,17,19H,8-11,13H2,1-2H3. The Balaban J connectivity index is 1.59. The van der Waals surface area contributed by atoms with E-state index in [0.29, 0.717) is 18.7 Å². The molecule has 0 saturated carbocycles. The molecule has 0 radical (unpaired) electrons. The first kappa shape index (κ1) is 15.9. The van der Waals surface area contributed by atoms with Crippen molar-refractivity contribution in [3.05, 3.63) is 53.3 Å². The number of piperazine rings is 1. The van der Waals surface area contributed by atoms with E-state index in [4.69, 9.17) is 4.74 Å². The van der Waals surface area contributed by atoms with Gasteiger partial charge in [-0.2, -0.15) is 0 Å². The molecule has 1 aromatic heterocycles. The fourth-order valence-corrected chi connectivity index (χ4v) is 3.03. The summed E-state index contributed by atoms with van der Waals surface area (Å²) < 4.78 is 5.77. The number of nitrogens with zero attached hydrogens (tertiary/aromatic N) is 3. The summed E-state index contributed by atoms with van der Waals surface area (Å²) in [4.78, 5) is 11.1. The van der Waals surface area contributed by atoms with Crippen LogP contribution >= 0.6 is 0 Å². The maximum Gasteiger partial charge on any atom is 0.316 e. The Kier molecular flexibility index (Phi) is 5.20. The van der Waals surface area contributed by atoms with Gasteiger partial charge in [-0.1, -0.05) is 30.3 Å². The number of nitrogens with one attached hydrogen (secondary N) is 1. The zero-order valence-electron chi connectivity index (χ0n) is 13.8. The summed E-state index contributed by atoms with van der Waals surface area (Å²) in [5.41, 5.74) is 3.23. The van der Waals surface area contributed by atoms with Crippen molar-refractivity contribution in [1.29, 1.82) is 0 Å². The molecule has 1 atom stereocenters. The summed E-state index contributed by atoms with van der Waals surface area (Å²) in [6, 6.07) is 13.5. The SMILES string of the molecule is Cc1cc(C)nc(OCCN2CCNCC2c2ccccc2)n1. The van der Waals surface area contributed by atoms with E-state index in [1.54, 1.807) is 0 Å². The van der Waals surface area contributed by atoms with Crippen LogP contribution in [0.1, 0.15) is 23.0 Å². The van der Waals surface area contributed by atoms with Gasteiger partial charge in [-0.3, -0.25) is 4.90 Å². The number of hydrogen-bond donors (Lipinski definition) is 1. The molecule has 5 heteroatoms. The van der Waals surface area contributed by atoms with Crippen LogP contribution in [0.4, 0.5) is 0 Å². The molecule has 23 heavy (non-hydrogen) atoms. The normalized spacial score (nSPS) is 18.8. The van der Waals surface area contributed by atoms with Crippen molar-refractivity contribution in [1.82, 2.24) is 20.2 Å². The number of hydrogen-bond acceptors (Lipinski definition) is 5. The van der Waals surface area contributed by atoms with Gasteiger partial charge < -0.3 is 10.1 Å². The number of aryl methyl sites for hydroxylation is 2. The molecule has 0 spiro atoms. The summed E-state index contributed by atoms with van der Waals surface area (Å²) in [6.07, 6.45) is 0. The largest absolute Gasteiger partial charge is 0.462 e. The van der Waals surface area contributed by atoms with Gasteiger partial charge in [0.1, 0.15) is 6.61 Å². The molecule has 5 nitrogen and oxygen atoms in total. The van der Waals surface area contributed by atoms with Gasteiger partial charge in [0.25, 0.3) is 0 Å². The minimum atomic E-state index is 0.397. The lowest BCUT2D eigenvalue weighted by Gasteiger charge is -2.36. The third-order valence-corrected chi connectivity index (χ3v) is 4.11. The first-order valence-corrected chi connectivity index (χ1v) is 8.17. The van der Waals surface area contributed by atoms with Crippen molar-refractivity contribution in [3.8, 4) is 6.01 Å². The van der Waals surface area contributed by atoms with Gasteiger partial charge in [0.2, 0.25) is 0 Å². The van der Waals surface area contributed by atoms with Crippen molar-refractivity contribution in [2.24, 2.45) is 0 Å². The predicted octanol–water partition coefficient (Wildman–Crippen LogP) is 2.12. The van der Waals surface area contributed by atoms with Crippen LogP contribution in [0.5, 0.6) is 6.01 Å². The van der Waals surface area contributed by atoms with Crippen LogP contribution in [0, 0.1) is 13.8 Å². The van der Waals surface area contributed by atoms with Gasteiger partial charge in [-0.05, 0) is 25.5 Å². The van der Waals surface area contributed by atoms with E-state index in [-0.39, 0.29) is 0 Å². The van der Waals surface area contributed by atoms with E-state index in [2.05, 4.69) is 50.5 Å². The zero-order valence-corrected chi connectivity index (χ0v) is 13.8. The topological polar surface area (TPSA) is 50.3 Å². The first-order valence-electron chi connectivity index (χ1n) is 8.17. The van der Waals surface area contributed by atoms with Crippen molar-refractivity contribution >= 4 is 0 Å². The molecule has 2 aromatic rings. The number of benzene rings is 1. The summed E-state index contributed by atoms with van der Waals surface area (Å²) in [5.74, 6) is 0. The maximum atomic E-state index is 5.77. The third-order valence-electron chi connectivity index (χ3n) is 4.11. The van der Waals surface area contributed by atoms with Crippen molar-refractivity contribution in [3.63, 3.8) is 0 Å². The van der Waals surface area contributed by atoms with Crippen LogP contribution in [-0.2, 0) is 0 Å². The lowest BCUT2D eigenvalue weighted by atomic mass is 10.0. The second-order valence-corrected chi connectivity index (χ2v) is 5.95.